The predicted molar refractivity (Wildman–Crippen MR) is 107 cm³/mol. The van der Waals surface area contributed by atoms with Crippen molar-refractivity contribution in [3.8, 4) is 11.1 Å². The van der Waals surface area contributed by atoms with Crippen LogP contribution in [0.1, 0.15) is 11.4 Å². The van der Waals surface area contributed by atoms with Crippen molar-refractivity contribution in [3.05, 3.63) is 66.0 Å². The van der Waals surface area contributed by atoms with E-state index < -0.39 is 0 Å². The van der Waals surface area contributed by atoms with Crippen LogP contribution in [0.15, 0.2) is 48.8 Å². The third kappa shape index (κ3) is 3.61. The molecule has 0 N–H and O–H groups in total. The maximum atomic E-state index is 13.3. The van der Waals surface area contributed by atoms with Gasteiger partial charge in [-0.2, -0.15) is 10.2 Å². The maximum Gasteiger partial charge on any atom is 0.244 e. The van der Waals surface area contributed by atoms with Crippen LogP contribution >= 0.6 is 0 Å². The van der Waals surface area contributed by atoms with Crippen molar-refractivity contribution in [2.75, 3.05) is 7.05 Å². The molecule has 1 amide bonds. The second-order valence-electron chi connectivity index (χ2n) is 7.00. The average molecular weight is 392 g/mol. The van der Waals surface area contributed by atoms with Crippen LogP contribution in [-0.4, -0.2) is 42.4 Å². The Kier molecular flexibility index (Phi) is 4.84. The zero-order valence-corrected chi connectivity index (χ0v) is 16.5. The smallest absolute Gasteiger partial charge is 0.244 e. The molecule has 0 radical (unpaired) electrons. The highest BCUT2D eigenvalue weighted by Crippen LogP contribution is 2.29. The Balaban J connectivity index is 1.63. The largest absolute Gasteiger partial charge is 0.338 e. The zero-order valence-electron chi connectivity index (χ0n) is 16.5. The number of amides is 1. The molecule has 29 heavy (non-hydrogen) atoms. The van der Waals surface area contributed by atoms with Gasteiger partial charge in [0.2, 0.25) is 5.91 Å². The summed E-state index contributed by atoms with van der Waals surface area (Å²) in [6.07, 6.45) is 3.39. The number of likely N-dealkylation sites (N-methyl/N-ethyl adjacent to an activating group) is 1. The summed E-state index contributed by atoms with van der Waals surface area (Å²) in [7, 11) is 3.60. The fraction of sp³-hybridized carbons (Fsp3) is 0.238. The van der Waals surface area contributed by atoms with Crippen molar-refractivity contribution < 1.29 is 9.18 Å². The minimum absolute atomic E-state index is 0.0791. The SMILES string of the molecule is Cc1nn(CC(=O)N(C)Cc2ccnn2C)c2nccc(-c3ccc(F)cc3)c12. The molecule has 148 valence electrons. The van der Waals surface area contributed by atoms with E-state index in [4.69, 9.17) is 0 Å². The monoisotopic (exact) mass is 392 g/mol. The Morgan fingerprint density at radius 3 is 2.59 bits per heavy atom. The van der Waals surface area contributed by atoms with Crippen molar-refractivity contribution in [1.82, 2.24) is 29.4 Å². The topological polar surface area (TPSA) is 68.8 Å². The van der Waals surface area contributed by atoms with Crippen molar-refractivity contribution >= 4 is 16.9 Å². The van der Waals surface area contributed by atoms with E-state index in [1.54, 1.807) is 45.8 Å². The number of nitrogens with zero attached hydrogens (tertiary/aromatic N) is 6. The number of aryl methyl sites for hydroxylation is 2. The summed E-state index contributed by atoms with van der Waals surface area (Å²) in [4.78, 5) is 18.9. The number of hydrogen-bond acceptors (Lipinski definition) is 4. The molecule has 0 aliphatic heterocycles. The molecule has 0 unspecified atom stereocenters. The lowest BCUT2D eigenvalue weighted by atomic mass is 10.0. The van der Waals surface area contributed by atoms with Crippen LogP contribution in [0.5, 0.6) is 0 Å². The van der Waals surface area contributed by atoms with Crippen LogP contribution in [0.3, 0.4) is 0 Å². The average Bonchev–Trinajstić information content (AvgIpc) is 3.25. The summed E-state index contributed by atoms with van der Waals surface area (Å²) >= 11 is 0. The van der Waals surface area contributed by atoms with Gasteiger partial charge in [0.25, 0.3) is 0 Å². The quantitative estimate of drug-likeness (QED) is 0.524. The molecule has 0 saturated heterocycles. The Morgan fingerprint density at radius 2 is 1.90 bits per heavy atom. The first-order valence-electron chi connectivity index (χ1n) is 9.23. The summed E-state index contributed by atoms with van der Waals surface area (Å²) in [5, 5.41) is 9.54. The van der Waals surface area contributed by atoms with Crippen molar-refractivity contribution in [3.63, 3.8) is 0 Å². The first-order valence-corrected chi connectivity index (χ1v) is 9.23. The summed E-state index contributed by atoms with van der Waals surface area (Å²) in [5.41, 5.74) is 4.13. The molecule has 0 saturated carbocycles. The van der Waals surface area contributed by atoms with Crippen LogP contribution in [0.2, 0.25) is 0 Å². The Morgan fingerprint density at radius 1 is 1.14 bits per heavy atom. The van der Waals surface area contributed by atoms with Gasteiger partial charge >= 0.3 is 0 Å². The van der Waals surface area contributed by atoms with Gasteiger partial charge in [-0.3, -0.25) is 9.48 Å². The molecular weight excluding hydrogens is 371 g/mol. The lowest BCUT2D eigenvalue weighted by Crippen LogP contribution is -2.31. The third-order valence-corrected chi connectivity index (χ3v) is 5.00. The van der Waals surface area contributed by atoms with E-state index in [-0.39, 0.29) is 18.3 Å². The van der Waals surface area contributed by atoms with Crippen LogP contribution in [-0.2, 0) is 24.9 Å². The lowest BCUT2D eigenvalue weighted by Gasteiger charge is -2.17. The number of halogens is 1. The second kappa shape index (κ2) is 7.46. The van der Waals surface area contributed by atoms with Crippen LogP contribution < -0.4 is 0 Å². The number of hydrogen-bond donors (Lipinski definition) is 0. The number of carbonyl (C=O) groups is 1. The van der Waals surface area contributed by atoms with Gasteiger partial charge in [-0.05, 0) is 42.3 Å². The molecule has 0 bridgehead atoms. The number of benzene rings is 1. The summed E-state index contributed by atoms with van der Waals surface area (Å²) < 4.78 is 16.7. The summed E-state index contributed by atoms with van der Waals surface area (Å²) in [5.74, 6) is -0.363. The van der Waals surface area contributed by atoms with Crippen LogP contribution in [0.25, 0.3) is 22.2 Å². The molecule has 4 aromatic rings. The third-order valence-electron chi connectivity index (χ3n) is 5.00. The molecule has 3 aromatic heterocycles. The van der Waals surface area contributed by atoms with E-state index in [1.807, 2.05) is 26.1 Å². The number of fused-ring (bicyclic) bond motifs is 1. The molecular formula is C21H21FN6O. The highest BCUT2D eigenvalue weighted by atomic mass is 19.1. The Hall–Kier alpha value is -3.55. The molecule has 3 heterocycles. The van der Waals surface area contributed by atoms with Gasteiger partial charge in [0.15, 0.2) is 5.65 Å². The minimum Gasteiger partial charge on any atom is -0.338 e. The van der Waals surface area contributed by atoms with E-state index in [9.17, 15) is 9.18 Å². The van der Waals surface area contributed by atoms with E-state index in [0.29, 0.717) is 12.2 Å². The lowest BCUT2D eigenvalue weighted by molar-refractivity contribution is -0.131. The van der Waals surface area contributed by atoms with Crippen LogP contribution in [0.4, 0.5) is 4.39 Å². The molecule has 7 nitrogen and oxygen atoms in total. The van der Waals surface area contributed by atoms with E-state index in [0.717, 1.165) is 27.9 Å². The normalized spacial score (nSPS) is 11.2. The molecule has 8 heteroatoms. The van der Waals surface area contributed by atoms with Gasteiger partial charge in [0.05, 0.1) is 17.9 Å². The molecule has 4 rings (SSSR count). The molecule has 1 aromatic carbocycles. The second-order valence-corrected chi connectivity index (χ2v) is 7.00. The Bertz CT molecular complexity index is 1180. The highest BCUT2D eigenvalue weighted by Gasteiger charge is 2.18. The number of carbonyl (C=O) groups excluding carboxylic acids is 1. The van der Waals surface area contributed by atoms with E-state index in [1.165, 1.54) is 12.1 Å². The van der Waals surface area contributed by atoms with E-state index >= 15 is 0 Å². The van der Waals surface area contributed by atoms with Gasteiger partial charge < -0.3 is 4.90 Å². The molecule has 0 aliphatic rings. The van der Waals surface area contributed by atoms with Crippen molar-refractivity contribution in [2.24, 2.45) is 7.05 Å². The minimum atomic E-state index is -0.284. The van der Waals surface area contributed by atoms with E-state index in [2.05, 4.69) is 15.2 Å². The van der Waals surface area contributed by atoms with Gasteiger partial charge in [-0.15, -0.1) is 0 Å². The first kappa shape index (κ1) is 18.8. The van der Waals surface area contributed by atoms with Crippen LogP contribution in [0, 0.1) is 12.7 Å². The zero-order chi connectivity index (χ0) is 20.5. The summed E-state index contributed by atoms with van der Waals surface area (Å²) in [6.45, 7) is 2.43. The maximum absolute atomic E-state index is 13.3. The van der Waals surface area contributed by atoms with Crippen molar-refractivity contribution in [1.29, 1.82) is 0 Å². The predicted octanol–water partition coefficient (Wildman–Crippen LogP) is 2.94. The van der Waals surface area contributed by atoms with Gasteiger partial charge in [0, 0.05) is 31.9 Å². The first-order chi connectivity index (χ1) is 13.9. The Labute approximate surface area is 167 Å². The molecule has 0 spiro atoms. The fourth-order valence-corrected chi connectivity index (χ4v) is 3.40. The fourth-order valence-electron chi connectivity index (χ4n) is 3.40. The summed E-state index contributed by atoms with van der Waals surface area (Å²) in [6, 6.07) is 10.1. The molecule has 0 fully saturated rings. The van der Waals surface area contributed by atoms with Crippen molar-refractivity contribution in [2.45, 2.75) is 20.0 Å². The van der Waals surface area contributed by atoms with Gasteiger partial charge in [-0.25, -0.2) is 14.1 Å². The molecule has 0 aliphatic carbocycles. The highest BCUT2D eigenvalue weighted by molar-refractivity contribution is 5.95. The van der Waals surface area contributed by atoms with Gasteiger partial charge in [0.1, 0.15) is 12.4 Å². The number of aromatic nitrogens is 5. The number of pyridine rings is 1. The molecule has 0 atom stereocenters. The van der Waals surface area contributed by atoms with Gasteiger partial charge in [-0.1, -0.05) is 12.1 Å². The number of rotatable bonds is 5. The standard InChI is InChI=1S/C21H21FN6O/c1-14-20-18(15-4-6-16(22)7-5-15)9-10-23-21(20)28(25-14)13-19(29)26(2)12-17-8-11-24-27(17)3/h4-11H,12-13H2,1-3H3.